The summed E-state index contributed by atoms with van der Waals surface area (Å²) in [5.41, 5.74) is 1.60. The van der Waals surface area contributed by atoms with E-state index < -0.39 is 0 Å². The van der Waals surface area contributed by atoms with E-state index >= 15 is 0 Å². The maximum atomic E-state index is 4.15. The highest BCUT2D eigenvalue weighted by Gasteiger charge is 2.30. The molecule has 12 heavy (non-hydrogen) atoms. The van der Waals surface area contributed by atoms with E-state index in [0.717, 1.165) is 13.1 Å². The summed E-state index contributed by atoms with van der Waals surface area (Å²) in [5.74, 6) is 0. The van der Waals surface area contributed by atoms with Crippen LogP contribution in [-0.4, -0.2) is 32.1 Å². The maximum Gasteiger partial charge on any atom is 0.0116 e. The first kappa shape index (κ1) is 9.59. The van der Waals surface area contributed by atoms with Crippen LogP contribution in [0.25, 0.3) is 0 Å². The predicted octanol–water partition coefficient (Wildman–Crippen LogP) is 1.45. The number of rotatable bonds is 2. The number of hydrogen-bond donors (Lipinski definition) is 1. The molecule has 1 fully saturated rings. The molecule has 2 heteroatoms. The van der Waals surface area contributed by atoms with E-state index in [1.807, 2.05) is 0 Å². The molecule has 70 valence electrons. The van der Waals surface area contributed by atoms with Gasteiger partial charge in [0.05, 0.1) is 0 Å². The van der Waals surface area contributed by atoms with E-state index in [9.17, 15) is 0 Å². The van der Waals surface area contributed by atoms with Gasteiger partial charge < -0.3 is 10.2 Å². The zero-order chi connectivity index (χ0) is 9.19. The van der Waals surface area contributed by atoms with Crippen LogP contribution in [0.2, 0.25) is 0 Å². The van der Waals surface area contributed by atoms with Crippen LogP contribution in [0.5, 0.6) is 0 Å². The highest BCUT2D eigenvalue weighted by Crippen LogP contribution is 2.35. The van der Waals surface area contributed by atoms with Gasteiger partial charge in [0.15, 0.2) is 0 Å². The summed E-state index contributed by atoms with van der Waals surface area (Å²) in [6.07, 6.45) is 2.42. The average molecular weight is 168 g/mol. The lowest BCUT2D eigenvalue weighted by atomic mass is 9.78. The molecule has 0 aromatic heterocycles. The molecule has 0 bridgehead atoms. The second kappa shape index (κ2) is 3.48. The fourth-order valence-corrected chi connectivity index (χ4v) is 1.81. The summed E-state index contributed by atoms with van der Waals surface area (Å²) in [4.78, 5) is 2.14. The maximum absolute atomic E-state index is 4.15. The van der Waals surface area contributed by atoms with Gasteiger partial charge in [0, 0.05) is 25.2 Å². The molecule has 0 unspecified atom stereocenters. The van der Waals surface area contributed by atoms with Gasteiger partial charge in [-0.3, -0.25) is 0 Å². The number of allylic oxidation sites excluding steroid dienone is 1. The van der Waals surface area contributed by atoms with Crippen LogP contribution in [0.3, 0.4) is 0 Å². The molecule has 1 rings (SSSR count). The van der Waals surface area contributed by atoms with Gasteiger partial charge >= 0.3 is 0 Å². The third-order valence-electron chi connectivity index (χ3n) is 2.94. The number of nitrogens with zero attached hydrogens (tertiary/aromatic N) is 1. The van der Waals surface area contributed by atoms with Crippen molar-refractivity contribution in [3.8, 4) is 0 Å². The molecule has 0 amide bonds. The van der Waals surface area contributed by atoms with Gasteiger partial charge in [0.2, 0.25) is 0 Å². The topological polar surface area (TPSA) is 15.3 Å². The van der Waals surface area contributed by atoms with Gasteiger partial charge in [0.1, 0.15) is 0 Å². The lowest BCUT2D eigenvalue weighted by Crippen LogP contribution is -2.39. The summed E-state index contributed by atoms with van der Waals surface area (Å²) in [7, 11) is 4.16. The van der Waals surface area contributed by atoms with E-state index in [1.54, 1.807) is 0 Å². The Morgan fingerprint density at radius 2 is 1.83 bits per heavy atom. The molecule has 1 aliphatic rings. The Morgan fingerprint density at radius 1 is 1.33 bits per heavy atom. The van der Waals surface area contributed by atoms with E-state index in [2.05, 4.69) is 37.8 Å². The zero-order valence-corrected chi connectivity index (χ0v) is 8.48. The molecule has 1 N–H and O–H groups in total. The van der Waals surface area contributed by atoms with Gasteiger partial charge in [-0.15, -0.1) is 0 Å². The first-order valence-electron chi connectivity index (χ1n) is 4.64. The van der Waals surface area contributed by atoms with Gasteiger partial charge in [0.25, 0.3) is 0 Å². The summed E-state index contributed by atoms with van der Waals surface area (Å²) in [6, 6.07) is 0. The third-order valence-corrected chi connectivity index (χ3v) is 2.94. The Morgan fingerprint density at radius 3 is 2.25 bits per heavy atom. The predicted molar refractivity (Wildman–Crippen MR) is 53.0 cm³/mol. The van der Waals surface area contributed by atoms with Crippen molar-refractivity contribution in [2.45, 2.75) is 19.8 Å². The minimum Gasteiger partial charge on any atom is -0.381 e. The van der Waals surface area contributed by atoms with Gasteiger partial charge in [-0.05, 0) is 25.9 Å². The Balaban J connectivity index is 2.62. The molecule has 0 aromatic rings. The molecule has 1 saturated heterocycles. The summed E-state index contributed by atoms with van der Waals surface area (Å²) in [5, 5.41) is 3.37. The molecule has 0 atom stereocenters. The fourth-order valence-electron chi connectivity index (χ4n) is 1.81. The van der Waals surface area contributed by atoms with Crippen molar-refractivity contribution in [2.24, 2.45) is 5.41 Å². The first-order valence-corrected chi connectivity index (χ1v) is 4.64. The minimum absolute atomic E-state index is 0.328. The van der Waals surface area contributed by atoms with Crippen molar-refractivity contribution in [3.63, 3.8) is 0 Å². The molecule has 0 aliphatic carbocycles. The van der Waals surface area contributed by atoms with Crippen molar-refractivity contribution in [1.29, 1.82) is 0 Å². The van der Waals surface area contributed by atoms with Crippen LogP contribution in [-0.2, 0) is 0 Å². The lowest BCUT2D eigenvalue weighted by Gasteiger charge is -2.38. The van der Waals surface area contributed by atoms with Crippen molar-refractivity contribution >= 4 is 0 Å². The smallest absolute Gasteiger partial charge is 0.0116 e. The Hall–Kier alpha value is -0.500. The quantitative estimate of drug-likeness (QED) is 0.671. The van der Waals surface area contributed by atoms with Crippen LogP contribution in [0.4, 0.5) is 0 Å². The van der Waals surface area contributed by atoms with E-state index in [-0.39, 0.29) is 0 Å². The van der Waals surface area contributed by atoms with Crippen LogP contribution < -0.4 is 5.32 Å². The third kappa shape index (κ3) is 1.81. The Kier molecular flexibility index (Phi) is 2.78. The van der Waals surface area contributed by atoms with E-state index in [0.29, 0.717) is 5.41 Å². The molecule has 1 aliphatic heterocycles. The van der Waals surface area contributed by atoms with Crippen LogP contribution >= 0.6 is 0 Å². The average Bonchev–Trinajstić information content (AvgIpc) is 2.04. The van der Waals surface area contributed by atoms with Crippen molar-refractivity contribution < 1.29 is 0 Å². The lowest BCUT2D eigenvalue weighted by molar-refractivity contribution is 0.229. The Labute approximate surface area is 75.6 Å². The van der Waals surface area contributed by atoms with Crippen LogP contribution in [0.1, 0.15) is 19.8 Å². The second-order valence-corrected chi connectivity index (χ2v) is 4.15. The van der Waals surface area contributed by atoms with Gasteiger partial charge in [-0.25, -0.2) is 0 Å². The molecular weight excluding hydrogens is 148 g/mol. The second-order valence-electron chi connectivity index (χ2n) is 4.15. The van der Waals surface area contributed by atoms with Crippen LogP contribution in [0.15, 0.2) is 12.3 Å². The SMILES string of the molecule is C=C(N(C)C)C1(C)CCNCC1. The van der Waals surface area contributed by atoms with Crippen molar-refractivity contribution in [1.82, 2.24) is 10.2 Å². The number of nitrogens with one attached hydrogen (secondary N) is 1. The standard InChI is InChI=1S/C10H20N2/c1-9(12(3)4)10(2)5-7-11-8-6-10/h11H,1,5-8H2,2-4H3. The summed E-state index contributed by atoms with van der Waals surface area (Å²) >= 11 is 0. The summed E-state index contributed by atoms with van der Waals surface area (Å²) < 4.78 is 0. The monoisotopic (exact) mass is 168 g/mol. The molecule has 0 radical (unpaired) electrons. The Bertz CT molecular complexity index is 167. The molecule has 2 nitrogen and oxygen atoms in total. The molecule has 1 heterocycles. The van der Waals surface area contributed by atoms with E-state index in [1.165, 1.54) is 18.5 Å². The highest BCUT2D eigenvalue weighted by atomic mass is 15.1. The zero-order valence-electron chi connectivity index (χ0n) is 8.48. The number of hydrogen-bond acceptors (Lipinski definition) is 2. The molecule has 0 aromatic carbocycles. The largest absolute Gasteiger partial charge is 0.381 e. The highest BCUT2D eigenvalue weighted by molar-refractivity contribution is 5.08. The first-order chi connectivity index (χ1) is 5.56. The van der Waals surface area contributed by atoms with Crippen molar-refractivity contribution in [2.75, 3.05) is 27.2 Å². The van der Waals surface area contributed by atoms with E-state index in [4.69, 9.17) is 0 Å². The normalized spacial score (nSPS) is 21.9. The summed E-state index contributed by atoms with van der Waals surface area (Å²) in [6.45, 7) is 8.72. The molecular formula is C10H20N2. The van der Waals surface area contributed by atoms with Gasteiger partial charge in [-0.1, -0.05) is 13.5 Å². The van der Waals surface area contributed by atoms with Crippen LogP contribution in [0, 0.1) is 5.41 Å². The minimum atomic E-state index is 0.328. The molecule has 0 spiro atoms. The molecule has 0 saturated carbocycles. The van der Waals surface area contributed by atoms with Gasteiger partial charge in [-0.2, -0.15) is 0 Å². The van der Waals surface area contributed by atoms with Crippen molar-refractivity contribution in [3.05, 3.63) is 12.3 Å². The fraction of sp³-hybridized carbons (Fsp3) is 0.800. The number of piperidine rings is 1.